The predicted octanol–water partition coefficient (Wildman–Crippen LogP) is 2.70. The molecule has 0 radical (unpaired) electrons. The van der Waals surface area contributed by atoms with Crippen molar-refractivity contribution in [1.82, 2.24) is 9.80 Å². The van der Waals surface area contributed by atoms with Crippen molar-refractivity contribution in [2.75, 3.05) is 39.8 Å². The van der Waals surface area contributed by atoms with Gasteiger partial charge in [0.05, 0.1) is 5.60 Å². The Morgan fingerprint density at radius 3 is 2.50 bits per heavy atom. The van der Waals surface area contributed by atoms with Crippen molar-refractivity contribution in [1.29, 1.82) is 0 Å². The van der Waals surface area contributed by atoms with E-state index in [-0.39, 0.29) is 0 Å². The van der Waals surface area contributed by atoms with Gasteiger partial charge in [0.1, 0.15) is 0 Å². The Morgan fingerprint density at radius 1 is 1.05 bits per heavy atom. The molecule has 3 rings (SSSR count). The minimum absolute atomic E-state index is 0.362. The lowest BCUT2D eigenvalue weighted by molar-refractivity contribution is -0.0465. The van der Waals surface area contributed by atoms with Crippen LogP contribution >= 0.6 is 0 Å². The van der Waals surface area contributed by atoms with Gasteiger partial charge in [0.2, 0.25) is 0 Å². The van der Waals surface area contributed by atoms with E-state index < -0.39 is 5.60 Å². The highest BCUT2D eigenvalue weighted by molar-refractivity contribution is 5.23. The number of nitrogens with zero attached hydrogens (tertiary/aromatic N) is 2. The minimum Gasteiger partial charge on any atom is -0.385 e. The van der Waals surface area contributed by atoms with Gasteiger partial charge in [-0.2, -0.15) is 0 Å². The highest BCUT2D eigenvalue weighted by atomic mass is 16.3. The normalized spacial score (nSPS) is 31.8. The van der Waals surface area contributed by atoms with Gasteiger partial charge in [-0.3, -0.25) is 0 Å². The van der Waals surface area contributed by atoms with Crippen LogP contribution < -0.4 is 0 Å². The van der Waals surface area contributed by atoms with Crippen LogP contribution in [-0.4, -0.2) is 54.7 Å². The fraction of sp³-hybridized carbons (Fsp3) is 0.684. The maximum absolute atomic E-state index is 11.5. The van der Waals surface area contributed by atoms with E-state index in [2.05, 4.69) is 41.1 Å². The van der Waals surface area contributed by atoms with E-state index in [9.17, 15) is 5.11 Å². The van der Waals surface area contributed by atoms with E-state index in [1.807, 2.05) is 6.07 Å². The second-order valence-electron chi connectivity index (χ2n) is 7.19. The average molecular weight is 302 g/mol. The summed E-state index contributed by atoms with van der Waals surface area (Å²) < 4.78 is 0. The molecular formula is C19H30N2O. The third kappa shape index (κ3) is 3.53. The summed E-state index contributed by atoms with van der Waals surface area (Å²) in [5, 5.41) is 11.5. The first-order valence-electron chi connectivity index (χ1n) is 8.87. The number of piperazine rings is 1. The van der Waals surface area contributed by atoms with E-state index in [1.165, 1.54) is 12.8 Å². The van der Waals surface area contributed by atoms with Crippen molar-refractivity contribution in [3.8, 4) is 0 Å². The molecule has 2 unspecified atom stereocenters. The van der Waals surface area contributed by atoms with E-state index in [4.69, 9.17) is 0 Å². The largest absolute Gasteiger partial charge is 0.385 e. The van der Waals surface area contributed by atoms with Crippen molar-refractivity contribution in [3.05, 3.63) is 35.9 Å². The van der Waals surface area contributed by atoms with Gasteiger partial charge in [-0.1, -0.05) is 49.6 Å². The van der Waals surface area contributed by atoms with Crippen LogP contribution in [0.4, 0.5) is 0 Å². The van der Waals surface area contributed by atoms with E-state index in [0.29, 0.717) is 5.92 Å². The molecule has 2 aliphatic rings. The summed E-state index contributed by atoms with van der Waals surface area (Å²) in [6, 6.07) is 10.4. The van der Waals surface area contributed by atoms with Crippen molar-refractivity contribution < 1.29 is 5.11 Å². The van der Waals surface area contributed by atoms with Crippen molar-refractivity contribution >= 4 is 0 Å². The minimum atomic E-state index is -0.638. The number of benzene rings is 1. The fourth-order valence-electron chi connectivity index (χ4n) is 4.10. The Morgan fingerprint density at radius 2 is 1.77 bits per heavy atom. The van der Waals surface area contributed by atoms with Gasteiger partial charge >= 0.3 is 0 Å². The van der Waals surface area contributed by atoms with Gasteiger partial charge in [-0.15, -0.1) is 0 Å². The molecule has 1 saturated heterocycles. The summed E-state index contributed by atoms with van der Waals surface area (Å²) in [7, 11) is 2.20. The predicted molar refractivity (Wildman–Crippen MR) is 90.9 cm³/mol. The van der Waals surface area contributed by atoms with Crippen LogP contribution in [-0.2, 0) is 5.60 Å². The first kappa shape index (κ1) is 16.0. The number of hydrogen-bond acceptors (Lipinski definition) is 3. The molecule has 1 aliphatic heterocycles. The van der Waals surface area contributed by atoms with Crippen LogP contribution in [0.15, 0.2) is 30.3 Å². The molecule has 0 amide bonds. The second kappa shape index (κ2) is 7.12. The molecule has 0 aromatic heterocycles. The van der Waals surface area contributed by atoms with Gasteiger partial charge < -0.3 is 14.9 Å². The molecule has 0 bridgehead atoms. The molecule has 22 heavy (non-hydrogen) atoms. The van der Waals surface area contributed by atoms with Crippen molar-refractivity contribution in [3.63, 3.8) is 0 Å². The lowest BCUT2D eigenvalue weighted by Gasteiger charge is -2.41. The molecule has 0 spiro atoms. The molecule has 3 nitrogen and oxygen atoms in total. The Hall–Kier alpha value is -0.900. The lowest BCUT2D eigenvalue weighted by atomic mass is 9.77. The lowest BCUT2D eigenvalue weighted by Crippen LogP contribution is -2.49. The zero-order valence-electron chi connectivity index (χ0n) is 13.9. The highest BCUT2D eigenvalue weighted by Gasteiger charge is 2.39. The zero-order chi connectivity index (χ0) is 15.4. The standard InChI is InChI=1S/C19H30N2O/c1-20-12-14-21(15-13-20)16-18-10-6-3-7-11-19(18,22)17-8-4-2-5-9-17/h2,4-5,8-9,18,22H,3,6-7,10-16H2,1H3. The molecule has 1 aromatic carbocycles. The smallest absolute Gasteiger partial charge is 0.0936 e. The summed E-state index contributed by atoms with van der Waals surface area (Å²) in [5.41, 5.74) is 0.484. The van der Waals surface area contributed by atoms with E-state index in [0.717, 1.165) is 57.5 Å². The summed E-state index contributed by atoms with van der Waals surface area (Å²) in [5.74, 6) is 0.362. The molecule has 2 fully saturated rings. The SMILES string of the molecule is CN1CCN(CC2CCCCCC2(O)c2ccccc2)CC1. The molecule has 3 heteroatoms. The molecular weight excluding hydrogens is 272 g/mol. The summed E-state index contributed by atoms with van der Waals surface area (Å²) >= 11 is 0. The molecule has 2 atom stereocenters. The Kier molecular flexibility index (Phi) is 5.17. The Balaban J connectivity index is 1.76. The van der Waals surface area contributed by atoms with Crippen LogP contribution in [0.1, 0.15) is 37.7 Å². The number of rotatable bonds is 3. The summed E-state index contributed by atoms with van der Waals surface area (Å²) in [6.07, 6.45) is 5.72. The van der Waals surface area contributed by atoms with E-state index >= 15 is 0 Å². The maximum Gasteiger partial charge on any atom is 0.0936 e. The Labute approximate surface area is 134 Å². The van der Waals surface area contributed by atoms with Crippen LogP contribution in [0.2, 0.25) is 0 Å². The molecule has 1 aliphatic carbocycles. The number of likely N-dealkylation sites (N-methyl/N-ethyl adjacent to an activating group) is 1. The van der Waals surface area contributed by atoms with Gasteiger partial charge in [-0.25, -0.2) is 0 Å². The quantitative estimate of drug-likeness (QED) is 0.870. The molecule has 122 valence electrons. The third-order valence-corrected chi connectivity index (χ3v) is 5.63. The van der Waals surface area contributed by atoms with Gasteiger partial charge in [0.25, 0.3) is 0 Å². The second-order valence-corrected chi connectivity index (χ2v) is 7.19. The zero-order valence-corrected chi connectivity index (χ0v) is 13.9. The van der Waals surface area contributed by atoms with E-state index in [1.54, 1.807) is 0 Å². The topological polar surface area (TPSA) is 26.7 Å². The van der Waals surface area contributed by atoms with Crippen molar-refractivity contribution in [2.45, 2.75) is 37.7 Å². The van der Waals surface area contributed by atoms with Gasteiger partial charge in [-0.05, 0) is 25.5 Å². The Bertz CT molecular complexity index is 456. The van der Waals surface area contributed by atoms with Crippen LogP contribution in [0.5, 0.6) is 0 Å². The van der Waals surface area contributed by atoms with Crippen LogP contribution in [0.3, 0.4) is 0 Å². The monoisotopic (exact) mass is 302 g/mol. The third-order valence-electron chi connectivity index (χ3n) is 5.63. The fourth-order valence-corrected chi connectivity index (χ4v) is 4.10. The van der Waals surface area contributed by atoms with Gasteiger partial charge in [0.15, 0.2) is 0 Å². The first-order valence-corrected chi connectivity index (χ1v) is 8.87. The summed E-state index contributed by atoms with van der Waals surface area (Å²) in [6.45, 7) is 5.61. The molecule has 1 aromatic rings. The number of aliphatic hydroxyl groups is 1. The van der Waals surface area contributed by atoms with Crippen molar-refractivity contribution in [2.24, 2.45) is 5.92 Å². The summed E-state index contributed by atoms with van der Waals surface area (Å²) in [4.78, 5) is 4.96. The molecule has 1 heterocycles. The molecule has 1 N–H and O–H groups in total. The van der Waals surface area contributed by atoms with Gasteiger partial charge in [0, 0.05) is 38.6 Å². The van der Waals surface area contributed by atoms with Crippen LogP contribution in [0.25, 0.3) is 0 Å². The average Bonchev–Trinajstić information content (AvgIpc) is 2.74. The number of hydrogen-bond donors (Lipinski definition) is 1. The maximum atomic E-state index is 11.5. The molecule has 1 saturated carbocycles. The first-order chi connectivity index (χ1) is 10.7. The highest BCUT2D eigenvalue weighted by Crippen LogP contribution is 2.40. The van der Waals surface area contributed by atoms with Crippen LogP contribution in [0, 0.1) is 5.92 Å².